The van der Waals surface area contributed by atoms with Crippen LogP contribution in [0.2, 0.25) is 0 Å². The van der Waals surface area contributed by atoms with E-state index in [4.69, 9.17) is 15.2 Å². The lowest BCUT2D eigenvalue weighted by Crippen LogP contribution is -2.58. The van der Waals surface area contributed by atoms with Gasteiger partial charge < -0.3 is 35.6 Å². The second-order valence-electron chi connectivity index (χ2n) is 12.3. The van der Waals surface area contributed by atoms with Crippen LogP contribution in [0.5, 0.6) is 17.2 Å². The normalized spacial score (nSPS) is 29.9. The molecule has 216 valence electrons. The Kier molecular flexibility index (Phi) is 5.54. The molecule has 0 saturated carbocycles. The number of fused-ring (bicyclic) bond motifs is 4. The minimum absolute atomic E-state index is 0.103. The number of hydrogen-bond acceptors (Lipinski definition) is 9. The number of nitrogens with two attached hydrogens (primary N) is 1. The van der Waals surface area contributed by atoms with Gasteiger partial charge in [0.05, 0.1) is 31.3 Å². The molecule has 0 radical (unpaired) electrons. The molecule has 0 fully saturated rings. The summed E-state index contributed by atoms with van der Waals surface area (Å²) in [5.74, 6) is -5.81. The van der Waals surface area contributed by atoms with Gasteiger partial charge in [0, 0.05) is 34.8 Å². The van der Waals surface area contributed by atoms with Crippen molar-refractivity contribution in [2.45, 2.75) is 63.6 Å². The molecular formula is C31H33NO9. The fourth-order valence-corrected chi connectivity index (χ4v) is 8.28. The van der Waals surface area contributed by atoms with Crippen molar-refractivity contribution in [3.8, 4) is 17.2 Å². The minimum atomic E-state index is -2.82. The Bertz CT molecular complexity index is 1680. The molecule has 1 amide bonds. The fourth-order valence-electron chi connectivity index (χ4n) is 8.28. The van der Waals surface area contributed by atoms with E-state index in [-0.39, 0.29) is 33.4 Å². The number of hydrogen-bond donors (Lipinski definition) is 5. The van der Waals surface area contributed by atoms with Crippen molar-refractivity contribution in [3.05, 3.63) is 51.3 Å². The predicted molar refractivity (Wildman–Crippen MR) is 147 cm³/mol. The Morgan fingerprint density at radius 3 is 2.39 bits per heavy atom. The second kappa shape index (κ2) is 8.33. The third kappa shape index (κ3) is 2.96. The van der Waals surface area contributed by atoms with E-state index >= 15 is 0 Å². The number of carbonyl (C=O) groups excluding carboxylic acids is 3. The molecule has 2 aromatic rings. The molecule has 0 aliphatic heterocycles. The summed E-state index contributed by atoms with van der Waals surface area (Å²) in [7, 11) is 2.82. The van der Waals surface area contributed by atoms with Crippen molar-refractivity contribution < 1.29 is 44.3 Å². The number of aromatic hydroxyl groups is 1. The average Bonchev–Trinajstić information content (AvgIpc) is 3.27. The number of phenolic OH excluding ortho intramolecular Hbond substituents is 1. The molecule has 2 aromatic carbocycles. The Hall–Kier alpha value is -3.89. The topological polar surface area (TPSA) is 177 Å². The number of primary amides is 1. The first-order valence-corrected chi connectivity index (χ1v) is 13.6. The third-order valence-corrected chi connectivity index (χ3v) is 10.3. The van der Waals surface area contributed by atoms with E-state index in [9.17, 15) is 34.8 Å². The number of aliphatic hydroxyl groups is 3. The highest BCUT2D eigenvalue weighted by Gasteiger charge is 2.63. The lowest BCUT2D eigenvalue weighted by molar-refractivity contribution is -0.129. The summed E-state index contributed by atoms with van der Waals surface area (Å²) in [5, 5.41) is 46.8. The lowest BCUT2D eigenvalue weighted by Gasteiger charge is -2.49. The van der Waals surface area contributed by atoms with Gasteiger partial charge in [-0.3, -0.25) is 14.4 Å². The van der Waals surface area contributed by atoms with Gasteiger partial charge in [-0.05, 0) is 42.7 Å². The third-order valence-electron chi connectivity index (χ3n) is 10.3. The molecule has 0 unspecified atom stereocenters. The largest absolute Gasteiger partial charge is 0.508 e. The summed E-state index contributed by atoms with van der Waals surface area (Å²) in [5.41, 5.74) is 3.06. The van der Waals surface area contributed by atoms with E-state index in [1.807, 2.05) is 6.92 Å². The van der Waals surface area contributed by atoms with Crippen LogP contribution in [0.1, 0.15) is 73.2 Å². The number of rotatable bonds is 3. The van der Waals surface area contributed by atoms with Gasteiger partial charge in [0.25, 0.3) is 5.91 Å². The zero-order valence-corrected chi connectivity index (χ0v) is 23.5. The Morgan fingerprint density at radius 1 is 1.12 bits per heavy atom. The van der Waals surface area contributed by atoms with Crippen molar-refractivity contribution in [2.75, 3.05) is 14.2 Å². The van der Waals surface area contributed by atoms with Gasteiger partial charge >= 0.3 is 0 Å². The van der Waals surface area contributed by atoms with Gasteiger partial charge in [-0.25, -0.2) is 0 Å². The first kappa shape index (κ1) is 27.3. The summed E-state index contributed by atoms with van der Waals surface area (Å²) in [4.78, 5) is 39.2. The monoisotopic (exact) mass is 563 g/mol. The highest BCUT2D eigenvalue weighted by molar-refractivity contribution is 6.23. The van der Waals surface area contributed by atoms with Crippen LogP contribution in [-0.2, 0) is 21.4 Å². The van der Waals surface area contributed by atoms with E-state index in [0.717, 1.165) is 24.0 Å². The fraction of sp³-hybridized carbons (Fsp3) is 0.452. The van der Waals surface area contributed by atoms with Gasteiger partial charge in [-0.1, -0.05) is 25.5 Å². The number of methoxy groups -OCH3 is 2. The van der Waals surface area contributed by atoms with Gasteiger partial charge in [0.2, 0.25) is 5.78 Å². The number of carbonyl (C=O) groups is 3. The predicted octanol–water partition coefficient (Wildman–Crippen LogP) is 2.97. The number of amides is 1. The molecule has 10 nitrogen and oxygen atoms in total. The van der Waals surface area contributed by atoms with Gasteiger partial charge in [-0.2, -0.15) is 0 Å². The van der Waals surface area contributed by atoms with Gasteiger partial charge in [0.1, 0.15) is 28.6 Å². The summed E-state index contributed by atoms with van der Waals surface area (Å²) in [6, 6.07) is 1.48. The van der Waals surface area contributed by atoms with E-state index in [1.54, 1.807) is 0 Å². The second-order valence-corrected chi connectivity index (χ2v) is 12.3. The van der Waals surface area contributed by atoms with Gasteiger partial charge in [-0.15, -0.1) is 0 Å². The summed E-state index contributed by atoms with van der Waals surface area (Å²) in [6.07, 6.45) is 2.01. The minimum Gasteiger partial charge on any atom is -0.508 e. The highest BCUT2D eigenvalue weighted by Crippen LogP contribution is 2.66. The molecule has 0 aromatic heterocycles. The quantitative estimate of drug-likeness (QED) is 0.277. The van der Waals surface area contributed by atoms with Crippen LogP contribution in [0.25, 0.3) is 10.8 Å². The van der Waals surface area contributed by atoms with Crippen LogP contribution in [0.4, 0.5) is 0 Å². The lowest BCUT2D eigenvalue weighted by atomic mass is 9.54. The molecule has 41 heavy (non-hydrogen) atoms. The maximum Gasteiger partial charge on any atom is 0.255 e. The number of ketones is 2. The molecule has 4 aliphatic carbocycles. The van der Waals surface area contributed by atoms with Crippen LogP contribution in [-0.4, -0.2) is 57.7 Å². The molecule has 6 N–H and O–H groups in total. The smallest absolute Gasteiger partial charge is 0.255 e. The van der Waals surface area contributed by atoms with Crippen molar-refractivity contribution >= 4 is 28.2 Å². The first-order valence-electron chi connectivity index (χ1n) is 13.6. The Balaban J connectivity index is 1.79. The van der Waals surface area contributed by atoms with Crippen LogP contribution in [0.3, 0.4) is 0 Å². The maximum atomic E-state index is 14.3. The summed E-state index contributed by atoms with van der Waals surface area (Å²) >= 11 is 0. The molecule has 1 spiro atoms. The molecule has 4 atom stereocenters. The van der Waals surface area contributed by atoms with E-state index < -0.39 is 58.3 Å². The molecule has 10 heteroatoms. The average molecular weight is 564 g/mol. The van der Waals surface area contributed by atoms with Crippen molar-refractivity contribution in [2.24, 2.45) is 17.1 Å². The number of allylic oxidation sites excluding steroid dienone is 2. The van der Waals surface area contributed by atoms with Crippen molar-refractivity contribution in [1.29, 1.82) is 0 Å². The van der Waals surface area contributed by atoms with Crippen LogP contribution in [0, 0.1) is 11.3 Å². The van der Waals surface area contributed by atoms with E-state index in [0.29, 0.717) is 23.1 Å². The summed E-state index contributed by atoms with van der Waals surface area (Å²) in [6.45, 7) is 6.36. The SMILES string of the molecule is COc1cc(O)c2c(OC)c3c(c4c2c1[C@@]1(C4)C(C)=CCCC1(C)C)[C@H](O)[C@@H]1CC(=O)C(C(N)=O)=C(O)[C@]1(O)C3=O. The molecule has 6 rings (SSSR count). The molecule has 0 saturated heterocycles. The van der Waals surface area contributed by atoms with E-state index in [1.165, 1.54) is 20.3 Å². The molecular weight excluding hydrogens is 530 g/mol. The highest BCUT2D eigenvalue weighted by atomic mass is 16.5. The first-order chi connectivity index (χ1) is 19.2. The molecule has 0 heterocycles. The number of aliphatic hydroxyl groups excluding tert-OH is 2. The zero-order valence-electron chi connectivity index (χ0n) is 23.5. The Labute approximate surface area is 236 Å². The van der Waals surface area contributed by atoms with Crippen molar-refractivity contribution in [3.63, 3.8) is 0 Å². The molecule has 4 aliphatic rings. The van der Waals surface area contributed by atoms with Gasteiger partial charge in [0.15, 0.2) is 11.4 Å². The van der Waals surface area contributed by atoms with Crippen LogP contribution < -0.4 is 15.2 Å². The number of benzene rings is 2. The zero-order chi connectivity index (χ0) is 30.0. The Morgan fingerprint density at radius 2 is 1.80 bits per heavy atom. The number of phenols is 1. The van der Waals surface area contributed by atoms with Crippen LogP contribution >= 0.6 is 0 Å². The van der Waals surface area contributed by atoms with Crippen LogP contribution in [0.15, 0.2) is 29.0 Å². The molecule has 0 bridgehead atoms. The van der Waals surface area contributed by atoms with E-state index in [2.05, 4.69) is 19.9 Å². The van der Waals surface area contributed by atoms with Crippen molar-refractivity contribution in [1.82, 2.24) is 0 Å². The summed E-state index contributed by atoms with van der Waals surface area (Å²) < 4.78 is 11.6. The number of ether oxygens (including phenoxy) is 2. The maximum absolute atomic E-state index is 14.3. The number of Topliss-reactive ketones (excluding diaryl/α,β-unsaturated/α-hetero) is 2. The standard InChI is InChI=1S/C31H33NO9/c1-12-7-6-8-29(2,3)30(12)11-13-18-20(16(34)10-17(40-4)23(18)30)25(41-5)22-19(13)24(35)14-9-15(33)21(28(32)38)26(36)31(14,39)27(22)37/h7,10,14,24,34-36,39H,6,8-9,11H2,1-5H3,(H2,32,38)/t14-,24+,30+,31-/m0/s1.